The minimum Gasteiger partial charge on any atom is -0.466 e. The van der Waals surface area contributed by atoms with E-state index in [1.165, 1.54) is 6.26 Å². The number of carbonyl (C=O) groups excluding carboxylic acids is 2. The van der Waals surface area contributed by atoms with Crippen molar-refractivity contribution in [2.75, 3.05) is 40.5 Å². The summed E-state index contributed by atoms with van der Waals surface area (Å²) in [5, 5.41) is 5.90. The third-order valence-corrected chi connectivity index (χ3v) is 5.91. The first-order chi connectivity index (χ1) is 18.0. The van der Waals surface area contributed by atoms with E-state index in [2.05, 4.69) is 17.1 Å². The van der Waals surface area contributed by atoms with Crippen molar-refractivity contribution in [2.45, 2.75) is 38.3 Å². The molecule has 1 N–H and O–H groups in total. The second kappa shape index (κ2) is 17.0. The zero-order chi connectivity index (χ0) is 26.9. The van der Waals surface area contributed by atoms with Gasteiger partial charge in [0.1, 0.15) is 18.5 Å². The van der Waals surface area contributed by atoms with Crippen LogP contribution in [0.25, 0.3) is 0 Å². The molecule has 0 fully saturated rings. The Balaban J connectivity index is 2.15. The van der Waals surface area contributed by atoms with Crippen molar-refractivity contribution in [3.63, 3.8) is 0 Å². The fourth-order valence-electron chi connectivity index (χ4n) is 3.90. The largest absolute Gasteiger partial charge is 0.466 e. The fourth-order valence-corrected chi connectivity index (χ4v) is 3.90. The Labute approximate surface area is 219 Å². The number of nitrogens with zero attached hydrogens (tertiary/aromatic N) is 3. The molecule has 0 heterocycles. The van der Waals surface area contributed by atoms with Gasteiger partial charge in [0, 0.05) is 39.8 Å². The number of hydrogen-bond donors (Lipinski definition) is 1. The van der Waals surface area contributed by atoms with Crippen LogP contribution in [0.5, 0.6) is 5.75 Å². The van der Waals surface area contributed by atoms with E-state index in [0.717, 1.165) is 11.1 Å². The van der Waals surface area contributed by atoms with Crippen LogP contribution in [0.4, 0.5) is 0 Å². The second-order valence-corrected chi connectivity index (χ2v) is 8.72. The van der Waals surface area contributed by atoms with Gasteiger partial charge in [-0.05, 0) is 49.6 Å². The molecule has 9 heteroatoms. The van der Waals surface area contributed by atoms with Gasteiger partial charge in [-0.25, -0.2) is 0 Å². The molecule has 0 saturated heterocycles. The summed E-state index contributed by atoms with van der Waals surface area (Å²) in [5.74, 6) is 0.335. The summed E-state index contributed by atoms with van der Waals surface area (Å²) in [6, 6.07) is 16.4. The Morgan fingerprint density at radius 3 is 2.46 bits per heavy atom. The zero-order valence-electron chi connectivity index (χ0n) is 21.8. The molecule has 37 heavy (non-hydrogen) atoms. The second-order valence-electron chi connectivity index (χ2n) is 8.72. The van der Waals surface area contributed by atoms with Gasteiger partial charge in [0.15, 0.2) is 0 Å². The number of ether oxygens (including phenoxy) is 2. The van der Waals surface area contributed by atoms with Crippen LogP contribution >= 0.6 is 0 Å². The number of nitrogens with one attached hydrogen (secondary N) is 1. The van der Waals surface area contributed by atoms with E-state index in [-0.39, 0.29) is 24.9 Å². The van der Waals surface area contributed by atoms with E-state index in [1.807, 2.05) is 54.6 Å². The molecule has 9 nitrogen and oxygen atoms in total. The lowest BCUT2D eigenvalue weighted by Gasteiger charge is -2.32. The topological polar surface area (TPSA) is 101 Å². The third kappa shape index (κ3) is 10.9. The first kappa shape index (κ1) is 29.7. The summed E-state index contributed by atoms with van der Waals surface area (Å²) >= 11 is 0. The van der Waals surface area contributed by atoms with Gasteiger partial charge in [-0.2, -0.15) is 0 Å². The molecule has 1 atom stereocenters. The maximum atomic E-state index is 13.5. The highest BCUT2D eigenvalue weighted by Crippen LogP contribution is 2.16. The first-order valence-corrected chi connectivity index (χ1v) is 12.4. The predicted octanol–water partition coefficient (Wildman–Crippen LogP) is 3.74. The number of aryl methyl sites for hydroxylation is 1. The van der Waals surface area contributed by atoms with E-state index in [0.29, 0.717) is 51.3 Å². The van der Waals surface area contributed by atoms with Crippen molar-refractivity contribution in [3.05, 3.63) is 83.5 Å². The van der Waals surface area contributed by atoms with Gasteiger partial charge >= 0.3 is 0 Å². The monoisotopic (exact) mass is 510 g/mol. The van der Waals surface area contributed by atoms with Crippen molar-refractivity contribution in [2.24, 2.45) is 5.18 Å². The number of benzene rings is 2. The van der Waals surface area contributed by atoms with Crippen LogP contribution < -0.4 is 10.1 Å². The normalized spacial score (nSPS) is 11.5. The van der Waals surface area contributed by atoms with E-state index in [9.17, 15) is 14.5 Å². The van der Waals surface area contributed by atoms with Gasteiger partial charge in [-0.1, -0.05) is 54.2 Å². The van der Waals surface area contributed by atoms with Crippen LogP contribution in [-0.2, 0) is 27.3 Å². The Morgan fingerprint density at radius 1 is 1.08 bits per heavy atom. The van der Waals surface area contributed by atoms with Crippen LogP contribution in [0, 0.1) is 4.91 Å². The molecule has 0 aliphatic rings. The molecule has 200 valence electrons. The quantitative estimate of drug-likeness (QED) is 0.186. The van der Waals surface area contributed by atoms with Gasteiger partial charge in [0.2, 0.25) is 11.8 Å². The maximum absolute atomic E-state index is 13.5. The summed E-state index contributed by atoms with van der Waals surface area (Å²) in [6.45, 7) is 5.22. The maximum Gasteiger partial charge on any atom is 0.243 e. The van der Waals surface area contributed by atoms with Crippen LogP contribution in [0.1, 0.15) is 30.4 Å². The minimum absolute atomic E-state index is 0.0154. The van der Waals surface area contributed by atoms with Crippen LogP contribution in [0.2, 0.25) is 0 Å². The highest BCUT2D eigenvalue weighted by Gasteiger charge is 2.29. The number of hydrogen-bond acceptors (Lipinski definition) is 7. The van der Waals surface area contributed by atoms with Gasteiger partial charge in [0.05, 0.1) is 6.26 Å². The molecule has 2 aromatic carbocycles. The summed E-state index contributed by atoms with van der Waals surface area (Å²) < 4.78 is 10.5. The number of carbonyl (C=O) groups is 2. The summed E-state index contributed by atoms with van der Waals surface area (Å²) in [4.78, 5) is 40.9. The Kier molecular flexibility index (Phi) is 13.6. The average molecular weight is 511 g/mol. The van der Waals surface area contributed by atoms with E-state index in [4.69, 9.17) is 9.47 Å². The fraction of sp³-hybridized carbons (Fsp3) is 0.429. The Bertz CT molecular complexity index is 968. The molecular weight excluding hydrogens is 472 g/mol. The van der Waals surface area contributed by atoms with Crippen molar-refractivity contribution >= 4 is 11.8 Å². The highest BCUT2D eigenvalue weighted by atomic mass is 16.5. The van der Waals surface area contributed by atoms with Gasteiger partial charge in [0.25, 0.3) is 0 Å². The standard InChI is InChI=1S/C28H38N4O5/c1-4-37-25-14-11-23(12-15-25)13-16-27(33)32(18-8-20-36-3)26(17-19-31(2)22-30-35)28(34)29-21-24-9-6-5-7-10-24/h4-7,9-12,14-15,26H,1,8,13,16-22H2,2-3H3,(H,29,34). The third-order valence-electron chi connectivity index (χ3n) is 5.91. The summed E-state index contributed by atoms with van der Waals surface area (Å²) in [7, 11) is 3.37. The zero-order valence-corrected chi connectivity index (χ0v) is 21.8. The van der Waals surface area contributed by atoms with Crippen molar-refractivity contribution in [1.29, 1.82) is 0 Å². The molecule has 0 saturated carbocycles. The number of amides is 2. The van der Waals surface area contributed by atoms with Crippen LogP contribution in [0.15, 0.2) is 72.6 Å². The van der Waals surface area contributed by atoms with E-state index >= 15 is 0 Å². The first-order valence-electron chi connectivity index (χ1n) is 12.4. The molecule has 0 bridgehead atoms. The van der Waals surface area contributed by atoms with E-state index in [1.54, 1.807) is 24.0 Å². The molecule has 2 rings (SSSR count). The van der Waals surface area contributed by atoms with Crippen LogP contribution in [-0.4, -0.2) is 68.2 Å². The molecule has 0 radical (unpaired) electrons. The predicted molar refractivity (Wildman–Crippen MR) is 144 cm³/mol. The van der Waals surface area contributed by atoms with Gasteiger partial charge in [-0.3, -0.25) is 14.5 Å². The molecule has 0 aliphatic carbocycles. The molecule has 0 aromatic heterocycles. The Morgan fingerprint density at radius 2 is 1.81 bits per heavy atom. The number of methoxy groups -OCH3 is 1. The van der Waals surface area contributed by atoms with Gasteiger partial charge < -0.3 is 19.7 Å². The van der Waals surface area contributed by atoms with Crippen LogP contribution in [0.3, 0.4) is 0 Å². The highest BCUT2D eigenvalue weighted by molar-refractivity contribution is 5.87. The average Bonchev–Trinajstić information content (AvgIpc) is 2.91. The van der Waals surface area contributed by atoms with Crippen molar-refractivity contribution in [3.8, 4) is 5.75 Å². The lowest BCUT2D eigenvalue weighted by Crippen LogP contribution is -2.51. The van der Waals surface area contributed by atoms with Crippen molar-refractivity contribution < 1.29 is 19.1 Å². The Hall–Kier alpha value is -3.56. The summed E-state index contributed by atoms with van der Waals surface area (Å²) in [6.07, 6.45) is 3.12. The smallest absolute Gasteiger partial charge is 0.243 e. The molecule has 2 amide bonds. The number of rotatable bonds is 18. The summed E-state index contributed by atoms with van der Waals surface area (Å²) in [5.41, 5.74) is 1.96. The molecular formula is C28H38N4O5. The minimum atomic E-state index is -0.689. The number of nitroso groups, excluding NO2 is 1. The lowest BCUT2D eigenvalue weighted by atomic mass is 10.1. The SMILES string of the molecule is C=COc1ccc(CCC(=O)N(CCCOC)C(CCN(C)CN=O)C(=O)NCc2ccccc2)cc1. The molecule has 0 aliphatic heterocycles. The molecule has 2 aromatic rings. The molecule has 1 unspecified atom stereocenters. The molecule has 0 spiro atoms. The van der Waals surface area contributed by atoms with Crippen molar-refractivity contribution in [1.82, 2.24) is 15.1 Å². The van der Waals surface area contributed by atoms with Gasteiger partial charge in [-0.15, -0.1) is 4.91 Å². The van der Waals surface area contributed by atoms with E-state index < -0.39 is 6.04 Å². The lowest BCUT2D eigenvalue weighted by molar-refractivity contribution is -0.141.